The average molecular weight is 488 g/mol. The molecule has 0 aliphatic carbocycles. The summed E-state index contributed by atoms with van der Waals surface area (Å²) in [5.74, 6) is 2.38. The van der Waals surface area contributed by atoms with Crippen LogP contribution in [-0.4, -0.2) is 50.4 Å². The summed E-state index contributed by atoms with van der Waals surface area (Å²) in [6, 6.07) is 20.4. The summed E-state index contributed by atoms with van der Waals surface area (Å²) in [7, 11) is 1.66. The minimum absolute atomic E-state index is 0.00617. The van der Waals surface area contributed by atoms with E-state index in [2.05, 4.69) is 31.2 Å². The molecule has 0 spiro atoms. The van der Waals surface area contributed by atoms with Gasteiger partial charge >= 0.3 is 0 Å². The van der Waals surface area contributed by atoms with Crippen molar-refractivity contribution in [3.05, 3.63) is 77.4 Å². The molecule has 0 bridgehead atoms. The van der Waals surface area contributed by atoms with Gasteiger partial charge in [0.05, 0.1) is 26.9 Å². The fraction of sp³-hybridized carbons (Fsp3) is 0.367. The molecular weight excluding hydrogens is 454 g/mol. The van der Waals surface area contributed by atoms with E-state index in [0.29, 0.717) is 45.8 Å². The van der Waals surface area contributed by atoms with Gasteiger partial charge in [0.2, 0.25) is 5.91 Å². The molecule has 0 N–H and O–H groups in total. The SMILES string of the molecule is COc1ccccc1CCC(=O)N1CCOc2c(cc(-c3ccccc3C)cc2O[C@H]2CCOC2)C1. The van der Waals surface area contributed by atoms with E-state index in [1.807, 2.05) is 41.3 Å². The van der Waals surface area contributed by atoms with Gasteiger partial charge in [-0.1, -0.05) is 42.5 Å². The lowest BCUT2D eigenvalue weighted by molar-refractivity contribution is -0.131. The Morgan fingerprint density at radius 3 is 2.69 bits per heavy atom. The molecular formula is C30H33NO5. The average Bonchev–Trinajstić information content (AvgIpc) is 3.31. The Bertz CT molecular complexity index is 1220. The Morgan fingerprint density at radius 1 is 1.06 bits per heavy atom. The molecule has 2 heterocycles. The monoisotopic (exact) mass is 487 g/mol. The van der Waals surface area contributed by atoms with Crippen molar-refractivity contribution in [2.24, 2.45) is 0 Å². The van der Waals surface area contributed by atoms with Crippen LogP contribution in [0.3, 0.4) is 0 Å². The minimum Gasteiger partial charge on any atom is -0.496 e. The molecule has 1 atom stereocenters. The summed E-state index contributed by atoms with van der Waals surface area (Å²) < 4.78 is 23.6. The Morgan fingerprint density at radius 2 is 1.89 bits per heavy atom. The molecule has 1 saturated heterocycles. The van der Waals surface area contributed by atoms with E-state index >= 15 is 0 Å². The second kappa shape index (κ2) is 11.0. The summed E-state index contributed by atoms with van der Waals surface area (Å²) in [6.07, 6.45) is 1.91. The van der Waals surface area contributed by atoms with Gasteiger partial charge in [-0.15, -0.1) is 0 Å². The number of aryl methyl sites for hydroxylation is 2. The maximum absolute atomic E-state index is 13.3. The Balaban J connectivity index is 1.41. The van der Waals surface area contributed by atoms with Crippen LogP contribution in [-0.2, 0) is 22.5 Å². The largest absolute Gasteiger partial charge is 0.496 e. The van der Waals surface area contributed by atoms with Gasteiger partial charge in [-0.3, -0.25) is 4.79 Å². The van der Waals surface area contributed by atoms with Gasteiger partial charge in [0, 0.05) is 24.9 Å². The first kappa shape index (κ1) is 24.2. The predicted molar refractivity (Wildman–Crippen MR) is 139 cm³/mol. The highest BCUT2D eigenvalue weighted by molar-refractivity contribution is 5.77. The van der Waals surface area contributed by atoms with Crippen LogP contribution in [0.4, 0.5) is 0 Å². The molecule has 2 aliphatic rings. The number of rotatable bonds is 7. The summed E-state index contributed by atoms with van der Waals surface area (Å²) in [5, 5.41) is 0. The number of ether oxygens (including phenoxy) is 4. The first-order valence-electron chi connectivity index (χ1n) is 12.6. The first-order valence-corrected chi connectivity index (χ1v) is 12.6. The lowest BCUT2D eigenvalue weighted by Gasteiger charge is -2.21. The number of nitrogens with zero attached hydrogens (tertiary/aromatic N) is 1. The van der Waals surface area contributed by atoms with Gasteiger partial charge in [0.25, 0.3) is 0 Å². The van der Waals surface area contributed by atoms with Crippen LogP contribution in [0.2, 0.25) is 0 Å². The van der Waals surface area contributed by atoms with E-state index in [0.717, 1.165) is 45.9 Å². The predicted octanol–water partition coefficient (Wildman–Crippen LogP) is 5.19. The molecule has 3 aromatic carbocycles. The number of methoxy groups -OCH3 is 1. The highest BCUT2D eigenvalue weighted by atomic mass is 16.6. The number of carbonyl (C=O) groups excluding carboxylic acids is 1. The zero-order chi connectivity index (χ0) is 24.9. The Kier molecular flexibility index (Phi) is 7.42. The lowest BCUT2D eigenvalue weighted by Crippen LogP contribution is -2.32. The third-order valence-corrected chi connectivity index (χ3v) is 6.89. The third kappa shape index (κ3) is 5.34. The van der Waals surface area contributed by atoms with Crippen LogP contribution in [0.25, 0.3) is 11.1 Å². The number of hydrogen-bond donors (Lipinski definition) is 0. The third-order valence-electron chi connectivity index (χ3n) is 6.89. The minimum atomic E-state index is 0.00617. The molecule has 0 aromatic heterocycles. The number of fused-ring (bicyclic) bond motifs is 1. The van der Waals surface area contributed by atoms with Crippen molar-refractivity contribution in [3.63, 3.8) is 0 Å². The number of carbonyl (C=O) groups is 1. The van der Waals surface area contributed by atoms with Crippen molar-refractivity contribution in [1.82, 2.24) is 4.90 Å². The molecule has 0 unspecified atom stereocenters. The molecule has 3 aromatic rings. The number of amides is 1. The van der Waals surface area contributed by atoms with Crippen LogP contribution in [0.1, 0.15) is 29.5 Å². The standard InChI is InChI=1S/C30H33NO5/c1-21-7-3-5-9-26(21)23-17-24-19-31(29(32)12-11-22-8-4-6-10-27(22)33-2)14-16-35-30(24)28(18-23)36-25-13-15-34-20-25/h3-10,17-18,25H,11-16,19-20H2,1-2H3/t25-/m0/s1. The van der Waals surface area contributed by atoms with Crippen LogP contribution in [0.5, 0.6) is 17.2 Å². The molecule has 6 heteroatoms. The smallest absolute Gasteiger partial charge is 0.223 e. The molecule has 6 nitrogen and oxygen atoms in total. The van der Waals surface area contributed by atoms with Crippen molar-refractivity contribution in [2.45, 2.75) is 38.8 Å². The van der Waals surface area contributed by atoms with Crippen molar-refractivity contribution >= 4 is 5.91 Å². The summed E-state index contributed by atoms with van der Waals surface area (Å²) >= 11 is 0. The quantitative estimate of drug-likeness (QED) is 0.459. The maximum atomic E-state index is 13.3. The van der Waals surface area contributed by atoms with Crippen molar-refractivity contribution < 1.29 is 23.7 Å². The zero-order valence-corrected chi connectivity index (χ0v) is 21.0. The van der Waals surface area contributed by atoms with Gasteiger partial charge < -0.3 is 23.8 Å². The van der Waals surface area contributed by atoms with Crippen LogP contribution in [0, 0.1) is 6.92 Å². The van der Waals surface area contributed by atoms with Gasteiger partial charge in [-0.05, 0) is 53.8 Å². The lowest BCUT2D eigenvalue weighted by atomic mass is 9.97. The van der Waals surface area contributed by atoms with E-state index in [9.17, 15) is 4.79 Å². The maximum Gasteiger partial charge on any atom is 0.223 e. The van der Waals surface area contributed by atoms with E-state index in [1.165, 1.54) is 5.56 Å². The second-order valence-corrected chi connectivity index (χ2v) is 9.36. The number of benzene rings is 3. The van der Waals surface area contributed by atoms with Gasteiger partial charge in [0.15, 0.2) is 11.5 Å². The van der Waals surface area contributed by atoms with E-state index in [4.69, 9.17) is 18.9 Å². The number of para-hydroxylation sites is 1. The van der Waals surface area contributed by atoms with Gasteiger partial charge in [-0.25, -0.2) is 0 Å². The Hall–Kier alpha value is -3.51. The molecule has 1 fully saturated rings. The van der Waals surface area contributed by atoms with Crippen molar-refractivity contribution in [1.29, 1.82) is 0 Å². The van der Waals surface area contributed by atoms with E-state index in [-0.39, 0.29) is 12.0 Å². The summed E-state index contributed by atoms with van der Waals surface area (Å²) in [6.45, 7) is 4.84. The molecule has 1 amide bonds. The van der Waals surface area contributed by atoms with Crippen molar-refractivity contribution in [2.75, 3.05) is 33.5 Å². The highest BCUT2D eigenvalue weighted by Gasteiger charge is 2.26. The second-order valence-electron chi connectivity index (χ2n) is 9.36. The zero-order valence-electron chi connectivity index (χ0n) is 21.0. The van der Waals surface area contributed by atoms with E-state index in [1.54, 1.807) is 7.11 Å². The normalized spacial score (nSPS) is 17.2. The first-order chi connectivity index (χ1) is 17.6. The summed E-state index contributed by atoms with van der Waals surface area (Å²) in [5.41, 5.74) is 5.40. The topological polar surface area (TPSA) is 57.2 Å². The summed E-state index contributed by atoms with van der Waals surface area (Å²) in [4.78, 5) is 15.2. The van der Waals surface area contributed by atoms with Crippen molar-refractivity contribution in [3.8, 4) is 28.4 Å². The van der Waals surface area contributed by atoms with Gasteiger partial charge in [-0.2, -0.15) is 0 Å². The van der Waals surface area contributed by atoms with E-state index < -0.39 is 0 Å². The van der Waals surface area contributed by atoms with Crippen LogP contribution < -0.4 is 14.2 Å². The molecule has 36 heavy (non-hydrogen) atoms. The Labute approximate surface area is 212 Å². The molecule has 0 saturated carbocycles. The molecule has 188 valence electrons. The van der Waals surface area contributed by atoms with Gasteiger partial charge in [0.1, 0.15) is 18.5 Å². The fourth-order valence-corrected chi connectivity index (χ4v) is 4.93. The highest BCUT2D eigenvalue weighted by Crippen LogP contribution is 2.40. The fourth-order valence-electron chi connectivity index (χ4n) is 4.93. The van der Waals surface area contributed by atoms with Crippen LogP contribution in [0.15, 0.2) is 60.7 Å². The van der Waals surface area contributed by atoms with Crippen LogP contribution >= 0.6 is 0 Å². The molecule has 5 rings (SSSR count). The number of hydrogen-bond acceptors (Lipinski definition) is 5. The molecule has 0 radical (unpaired) electrons. The molecule has 2 aliphatic heterocycles.